The molecular weight excluding hydrogens is 687 g/mol. The molecule has 0 radical (unpaired) electrons. The fourth-order valence-corrected chi connectivity index (χ4v) is 8.70. The molecule has 6 aromatic rings. The molecule has 2 saturated heterocycles. The van der Waals surface area contributed by atoms with Crippen molar-refractivity contribution >= 4 is 16.7 Å². The zero-order valence-corrected chi connectivity index (χ0v) is 28.5. The van der Waals surface area contributed by atoms with Gasteiger partial charge in [-0.1, -0.05) is 36.4 Å². The summed E-state index contributed by atoms with van der Waals surface area (Å²) in [6, 6.07) is 17.8. The fourth-order valence-electron chi connectivity index (χ4n) is 8.70. The number of hydrogen-bond donors (Lipinski definition) is 1. The lowest BCUT2D eigenvalue weighted by Gasteiger charge is -2.54. The summed E-state index contributed by atoms with van der Waals surface area (Å²) < 4.78 is 72.8. The molecule has 2 aliphatic heterocycles. The third-order valence-electron chi connectivity index (χ3n) is 11.3. The number of likely N-dealkylation sites (tertiary alicyclic amines) is 1. The van der Waals surface area contributed by atoms with Crippen LogP contribution in [0.3, 0.4) is 0 Å². The minimum absolute atomic E-state index is 0.00395. The van der Waals surface area contributed by atoms with Gasteiger partial charge in [-0.3, -0.25) is 9.58 Å². The van der Waals surface area contributed by atoms with Gasteiger partial charge in [0.05, 0.1) is 24.9 Å². The van der Waals surface area contributed by atoms with Gasteiger partial charge in [-0.2, -0.15) is 23.5 Å². The number of rotatable bonds is 7. The van der Waals surface area contributed by atoms with Crippen LogP contribution in [0, 0.1) is 23.0 Å². The molecule has 3 aliphatic rings. The highest BCUT2D eigenvalue weighted by Gasteiger charge is 2.48. The van der Waals surface area contributed by atoms with Crippen molar-refractivity contribution < 1.29 is 22.0 Å². The summed E-state index contributed by atoms with van der Waals surface area (Å²) in [7, 11) is 0. The van der Waals surface area contributed by atoms with Crippen molar-refractivity contribution in [2.45, 2.75) is 49.9 Å². The maximum atomic E-state index is 15.2. The smallest absolute Gasteiger partial charge is 0.371 e. The van der Waals surface area contributed by atoms with Gasteiger partial charge >= 0.3 is 6.18 Å². The molecule has 9 rings (SSSR count). The number of nitrogens with zero attached hydrogens (tertiary/aromatic N) is 7. The number of fused-ring (bicyclic) bond motifs is 4. The largest absolute Gasteiger partial charge is 0.436 e. The Kier molecular flexibility index (Phi) is 7.85. The van der Waals surface area contributed by atoms with Crippen molar-refractivity contribution in [3.63, 3.8) is 0 Å². The van der Waals surface area contributed by atoms with E-state index in [1.54, 1.807) is 18.5 Å². The molecule has 0 saturated carbocycles. The Hall–Kier alpha value is -5.61. The lowest BCUT2D eigenvalue weighted by molar-refractivity contribution is -0.143. The molecule has 8 nitrogen and oxygen atoms in total. The van der Waals surface area contributed by atoms with E-state index in [0.717, 1.165) is 47.0 Å². The second kappa shape index (κ2) is 12.5. The summed E-state index contributed by atoms with van der Waals surface area (Å²) in [5.41, 5.74) is 5.81. The number of hydrogen-bond acceptors (Lipinski definition) is 6. The molecule has 6 heterocycles. The molecule has 2 aromatic carbocycles. The van der Waals surface area contributed by atoms with E-state index < -0.39 is 29.0 Å². The summed E-state index contributed by atoms with van der Waals surface area (Å²) in [6.45, 7) is 2.65. The first-order chi connectivity index (χ1) is 25.6. The van der Waals surface area contributed by atoms with Gasteiger partial charge in [-0.25, -0.2) is 18.7 Å². The Bertz CT molecular complexity index is 2410. The van der Waals surface area contributed by atoms with Crippen molar-refractivity contribution in [1.29, 1.82) is 5.26 Å². The van der Waals surface area contributed by atoms with E-state index in [1.165, 1.54) is 17.8 Å². The van der Waals surface area contributed by atoms with Crippen LogP contribution in [0.1, 0.15) is 47.2 Å². The molecule has 0 atom stereocenters. The molecule has 268 valence electrons. The van der Waals surface area contributed by atoms with E-state index in [1.807, 2.05) is 35.1 Å². The van der Waals surface area contributed by atoms with Crippen LogP contribution in [0.25, 0.3) is 33.3 Å². The normalized spacial score (nSPS) is 17.1. The van der Waals surface area contributed by atoms with E-state index >= 15 is 8.78 Å². The standard InChI is InChI=1S/C40H33F5N8/c41-33-20-49-38-31(8-14-48-38)34(33)27-19-50-53(21-27)39(11-12-46)22-52(23-39)28-9-15-51(16-10-28)36-26(17-25-7-13-47-37(35(25)42)40(43,44)45)5-6-30-29-4-2-1-3-24(29)18-32(30)36/h1-8,13-14,19-21,28H,9-11,15-18,22-23H2,(H,48,49). The van der Waals surface area contributed by atoms with Crippen LogP contribution in [0.15, 0.2) is 79.5 Å². The number of piperidine rings is 1. The molecule has 1 aliphatic carbocycles. The van der Waals surface area contributed by atoms with Crippen molar-refractivity contribution in [2.75, 3.05) is 31.1 Å². The Morgan fingerprint density at radius 2 is 1.75 bits per heavy atom. The summed E-state index contributed by atoms with van der Waals surface area (Å²) in [6.07, 6.45) is 5.12. The van der Waals surface area contributed by atoms with Crippen LogP contribution in [0.5, 0.6) is 0 Å². The Morgan fingerprint density at radius 3 is 2.55 bits per heavy atom. The number of benzene rings is 2. The van der Waals surface area contributed by atoms with E-state index in [-0.39, 0.29) is 24.4 Å². The average Bonchev–Trinajstić information content (AvgIpc) is 3.89. The van der Waals surface area contributed by atoms with E-state index in [9.17, 15) is 18.4 Å². The van der Waals surface area contributed by atoms with Gasteiger partial charge in [0.1, 0.15) is 17.0 Å². The van der Waals surface area contributed by atoms with Crippen molar-refractivity contribution in [3.05, 3.63) is 119 Å². The van der Waals surface area contributed by atoms with Crippen LogP contribution in [0.2, 0.25) is 0 Å². The summed E-state index contributed by atoms with van der Waals surface area (Å²) >= 11 is 0. The highest BCUT2D eigenvalue weighted by molar-refractivity contribution is 5.93. The van der Waals surface area contributed by atoms with E-state index in [4.69, 9.17) is 0 Å². The van der Waals surface area contributed by atoms with Crippen LogP contribution in [-0.2, 0) is 24.6 Å². The van der Waals surface area contributed by atoms with Gasteiger partial charge in [0.2, 0.25) is 0 Å². The first kappa shape index (κ1) is 33.2. The van der Waals surface area contributed by atoms with E-state index in [2.05, 4.69) is 48.1 Å². The maximum Gasteiger partial charge on any atom is 0.436 e. The molecule has 0 spiro atoms. The van der Waals surface area contributed by atoms with Crippen LogP contribution >= 0.6 is 0 Å². The number of anilines is 1. The van der Waals surface area contributed by atoms with Crippen LogP contribution < -0.4 is 4.90 Å². The molecule has 1 N–H and O–H groups in total. The molecule has 2 fully saturated rings. The van der Waals surface area contributed by atoms with Gasteiger partial charge in [0.25, 0.3) is 0 Å². The van der Waals surface area contributed by atoms with Crippen LogP contribution in [0.4, 0.5) is 27.6 Å². The number of H-pyrrole nitrogens is 1. The lowest BCUT2D eigenvalue weighted by atomic mass is 9.83. The second-order valence-electron chi connectivity index (χ2n) is 14.3. The van der Waals surface area contributed by atoms with Crippen molar-refractivity contribution in [2.24, 2.45) is 0 Å². The number of pyridine rings is 2. The summed E-state index contributed by atoms with van der Waals surface area (Å²) in [5, 5.41) is 15.1. The Labute approximate surface area is 301 Å². The van der Waals surface area contributed by atoms with Gasteiger partial charge in [0, 0.05) is 85.9 Å². The number of aromatic nitrogens is 5. The van der Waals surface area contributed by atoms with E-state index in [0.29, 0.717) is 54.8 Å². The average molecular weight is 721 g/mol. The van der Waals surface area contributed by atoms with Gasteiger partial charge in [-0.05, 0) is 58.4 Å². The third-order valence-corrected chi connectivity index (χ3v) is 11.3. The van der Waals surface area contributed by atoms with Crippen molar-refractivity contribution in [3.8, 4) is 28.3 Å². The highest BCUT2D eigenvalue weighted by Crippen LogP contribution is 2.45. The Balaban J connectivity index is 0.957. The summed E-state index contributed by atoms with van der Waals surface area (Å²) in [5.74, 6) is -1.78. The maximum absolute atomic E-state index is 15.2. The number of alkyl halides is 3. The molecule has 53 heavy (non-hydrogen) atoms. The molecule has 0 bridgehead atoms. The quantitative estimate of drug-likeness (QED) is 0.169. The SMILES string of the molecule is N#CCC1(n2cc(-c3c(F)cnc4[nH]ccc34)cn2)CN(C2CCN(c3c(Cc4ccnc(C(F)(F)F)c4F)ccc4c3Cc3ccccc3-4)CC2)C1. The highest BCUT2D eigenvalue weighted by atomic mass is 19.4. The minimum atomic E-state index is -4.89. The molecule has 4 aromatic heterocycles. The topological polar surface area (TPSA) is 89.7 Å². The zero-order valence-electron chi connectivity index (χ0n) is 28.5. The first-order valence-electron chi connectivity index (χ1n) is 17.6. The predicted molar refractivity (Wildman–Crippen MR) is 189 cm³/mol. The first-order valence-corrected chi connectivity index (χ1v) is 17.6. The number of aromatic amines is 1. The van der Waals surface area contributed by atoms with Gasteiger partial charge in [-0.15, -0.1) is 0 Å². The molecule has 0 amide bonds. The number of nitriles is 1. The molecule has 13 heteroatoms. The fraction of sp³-hybridized carbons (Fsp3) is 0.300. The monoisotopic (exact) mass is 720 g/mol. The number of nitrogens with one attached hydrogen (secondary N) is 1. The summed E-state index contributed by atoms with van der Waals surface area (Å²) in [4.78, 5) is 15.1. The van der Waals surface area contributed by atoms with Gasteiger partial charge in [0.15, 0.2) is 11.5 Å². The molecular formula is C40H33F5N8. The van der Waals surface area contributed by atoms with Gasteiger partial charge < -0.3 is 9.88 Å². The van der Waals surface area contributed by atoms with Crippen molar-refractivity contribution in [1.82, 2.24) is 29.6 Å². The predicted octanol–water partition coefficient (Wildman–Crippen LogP) is 7.87. The van der Waals surface area contributed by atoms with Crippen LogP contribution in [-0.4, -0.2) is 61.9 Å². The molecule has 0 unspecified atom stereocenters. The third kappa shape index (κ3) is 5.55. The minimum Gasteiger partial charge on any atom is -0.371 e. The second-order valence-corrected chi connectivity index (χ2v) is 14.3. The number of halogens is 5. The lowest BCUT2D eigenvalue weighted by Crippen LogP contribution is -2.66. The Morgan fingerprint density at radius 1 is 0.943 bits per heavy atom. The zero-order chi connectivity index (χ0) is 36.5.